The zero-order chi connectivity index (χ0) is 21.7. The van der Waals surface area contributed by atoms with Crippen molar-refractivity contribution in [3.8, 4) is 5.75 Å². The lowest BCUT2D eigenvalue weighted by Crippen LogP contribution is -2.41. The molecule has 0 spiro atoms. The van der Waals surface area contributed by atoms with Gasteiger partial charge in [0.1, 0.15) is 5.75 Å². The lowest BCUT2D eigenvalue weighted by atomic mass is 9.80. The minimum Gasteiger partial charge on any atom is -0.497 e. The van der Waals surface area contributed by atoms with Crippen LogP contribution in [0, 0.1) is 5.92 Å². The van der Waals surface area contributed by atoms with Gasteiger partial charge >= 0.3 is 13.1 Å². The second-order valence-electron chi connectivity index (χ2n) is 9.13. The summed E-state index contributed by atoms with van der Waals surface area (Å²) in [6.45, 7) is 9.71. The zero-order valence-corrected chi connectivity index (χ0v) is 18.7. The second kappa shape index (κ2) is 9.96. The van der Waals surface area contributed by atoms with Gasteiger partial charge in [-0.25, -0.2) is 0 Å². The number of nitrogens with zero attached hydrogens (tertiary/aromatic N) is 1. The quantitative estimate of drug-likeness (QED) is 0.560. The summed E-state index contributed by atoms with van der Waals surface area (Å²) >= 11 is 0. The van der Waals surface area contributed by atoms with Gasteiger partial charge in [-0.2, -0.15) is 0 Å². The third-order valence-corrected chi connectivity index (χ3v) is 6.00. The molecule has 1 aliphatic rings. The average Bonchev–Trinajstić information content (AvgIpc) is 2.81. The minimum atomic E-state index is -0.747. The Morgan fingerprint density at radius 2 is 1.76 bits per heavy atom. The maximum atomic E-state index is 11.3. The average molecular weight is 405 g/mol. The molecule has 162 valence electrons. The molecule has 1 fully saturated rings. The summed E-state index contributed by atoms with van der Waals surface area (Å²) in [7, 11) is 3.47. The first-order valence-corrected chi connectivity index (χ1v) is 10.4. The number of rotatable bonds is 11. The van der Waals surface area contributed by atoms with E-state index in [4.69, 9.17) is 14.0 Å². The lowest BCUT2D eigenvalue weighted by molar-refractivity contribution is -0.138. The smallest absolute Gasteiger partial charge is 0.457 e. The fraction of sp³-hybridized carbons (Fsp3) is 0.682. The number of aliphatic carboxylic acids is 1. The number of carboxylic acids is 1. The number of ether oxygens (including phenoxy) is 1. The van der Waals surface area contributed by atoms with Crippen molar-refractivity contribution >= 4 is 13.1 Å². The molecule has 0 aromatic heterocycles. The monoisotopic (exact) mass is 405 g/mol. The van der Waals surface area contributed by atoms with Crippen LogP contribution in [0.25, 0.3) is 0 Å². The molecule has 1 aromatic rings. The number of benzene rings is 1. The Kier molecular flexibility index (Phi) is 8.14. The van der Waals surface area contributed by atoms with Gasteiger partial charge in [0.05, 0.1) is 18.3 Å². The molecule has 0 radical (unpaired) electrons. The number of carboxylic acid groups (broad SMARTS) is 1. The molecule has 1 saturated heterocycles. The van der Waals surface area contributed by atoms with Crippen molar-refractivity contribution in [3.05, 3.63) is 29.8 Å². The van der Waals surface area contributed by atoms with Crippen LogP contribution in [-0.4, -0.2) is 55.0 Å². The largest absolute Gasteiger partial charge is 0.497 e. The lowest BCUT2D eigenvalue weighted by Gasteiger charge is -2.32. The van der Waals surface area contributed by atoms with E-state index in [0.29, 0.717) is 0 Å². The summed E-state index contributed by atoms with van der Waals surface area (Å²) in [5.41, 5.74) is 0.535. The van der Waals surface area contributed by atoms with E-state index < -0.39 is 5.97 Å². The van der Waals surface area contributed by atoms with Crippen LogP contribution in [0.2, 0.25) is 6.32 Å². The summed E-state index contributed by atoms with van der Waals surface area (Å²) in [4.78, 5) is 13.5. The third kappa shape index (κ3) is 7.01. The van der Waals surface area contributed by atoms with Gasteiger partial charge in [0.15, 0.2) is 0 Å². The Balaban J connectivity index is 1.83. The van der Waals surface area contributed by atoms with Gasteiger partial charge in [-0.05, 0) is 71.1 Å². The Bertz CT molecular complexity index is 646. The molecule has 0 saturated carbocycles. The summed E-state index contributed by atoms with van der Waals surface area (Å²) in [5, 5.41) is 9.31. The molecular weight excluding hydrogens is 369 g/mol. The van der Waals surface area contributed by atoms with Crippen LogP contribution in [0.3, 0.4) is 0 Å². The van der Waals surface area contributed by atoms with Crippen molar-refractivity contribution in [2.45, 2.75) is 71.0 Å². The molecule has 0 bridgehead atoms. The maximum Gasteiger partial charge on any atom is 0.457 e. The first kappa shape index (κ1) is 23.7. The third-order valence-electron chi connectivity index (χ3n) is 6.00. The van der Waals surface area contributed by atoms with Crippen molar-refractivity contribution in [1.29, 1.82) is 0 Å². The Hall–Kier alpha value is -1.57. The van der Waals surface area contributed by atoms with Crippen LogP contribution in [0.4, 0.5) is 0 Å². The highest BCUT2D eigenvalue weighted by Gasteiger charge is 2.50. The fourth-order valence-electron chi connectivity index (χ4n) is 3.71. The molecular formula is C22H36BNO5. The zero-order valence-electron chi connectivity index (χ0n) is 18.7. The van der Waals surface area contributed by atoms with Crippen LogP contribution in [0.5, 0.6) is 5.75 Å². The summed E-state index contributed by atoms with van der Waals surface area (Å²) in [6, 6.07) is 7.98. The van der Waals surface area contributed by atoms with Crippen LogP contribution in [-0.2, 0) is 20.6 Å². The highest BCUT2D eigenvalue weighted by atomic mass is 16.7. The second-order valence-corrected chi connectivity index (χ2v) is 9.13. The van der Waals surface area contributed by atoms with Crippen LogP contribution < -0.4 is 4.74 Å². The number of hydrogen-bond donors (Lipinski definition) is 1. The fourth-order valence-corrected chi connectivity index (χ4v) is 3.71. The first-order valence-electron chi connectivity index (χ1n) is 10.4. The molecule has 0 aliphatic carbocycles. The molecule has 1 aliphatic heterocycles. The van der Waals surface area contributed by atoms with E-state index in [1.54, 1.807) is 7.11 Å². The van der Waals surface area contributed by atoms with E-state index >= 15 is 0 Å². The molecule has 2 rings (SSSR count). The van der Waals surface area contributed by atoms with E-state index in [1.807, 2.05) is 59.0 Å². The van der Waals surface area contributed by atoms with Crippen LogP contribution >= 0.6 is 0 Å². The molecule has 1 heterocycles. The highest BCUT2D eigenvalue weighted by molar-refractivity contribution is 6.45. The summed E-state index contributed by atoms with van der Waals surface area (Å²) < 4.78 is 17.3. The van der Waals surface area contributed by atoms with E-state index in [1.165, 1.54) is 5.56 Å². The van der Waals surface area contributed by atoms with Gasteiger partial charge in [0, 0.05) is 19.5 Å². The molecule has 1 N–H and O–H groups in total. The van der Waals surface area contributed by atoms with Gasteiger partial charge < -0.3 is 24.1 Å². The van der Waals surface area contributed by atoms with E-state index in [9.17, 15) is 9.90 Å². The van der Waals surface area contributed by atoms with E-state index in [2.05, 4.69) is 4.90 Å². The molecule has 6 nitrogen and oxygen atoms in total. The van der Waals surface area contributed by atoms with E-state index in [0.717, 1.165) is 38.0 Å². The highest BCUT2D eigenvalue weighted by Crippen LogP contribution is 2.38. The van der Waals surface area contributed by atoms with Gasteiger partial charge in [0.2, 0.25) is 0 Å². The van der Waals surface area contributed by atoms with Crippen molar-refractivity contribution in [2.75, 3.05) is 20.7 Å². The molecule has 1 unspecified atom stereocenters. The van der Waals surface area contributed by atoms with Crippen LogP contribution in [0.15, 0.2) is 24.3 Å². The minimum absolute atomic E-state index is 0.0955. The van der Waals surface area contributed by atoms with Crippen molar-refractivity contribution in [1.82, 2.24) is 4.90 Å². The Morgan fingerprint density at radius 1 is 1.17 bits per heavy atom. The van der Waals surface area contributed by atoms with Gasteiger partial charge in [-0.1, -0.05) is 18.6 Å². The maximum absolute atomic E-state index is 11.3. The predicted molar refractivity (Wildman–Crippen MR) is 115 cm³/mol. The summed E-state index contributed by atoms with van der Waals surface area (Å²) in [5.74, 6) is 0.185. The molecule has 1 aromatic carbocycles. The predicted octanol–water partition coefficient (Wildman–Crippen LogP) is 4.09. The van der Waals surface area contributed by atoms with E-state index in [-0.39, 0.29) is 30.7 Å². The Morgan fingerprint density at radius 3 is 2.28 bits per heavy atom. The molecule has 29 heavy (non-hydrogen) atoms. The molecule has 1 atom stereocenters. The van der Waals surface area contributed by atoms with Crippen molar-refractivity contribution < 1.29 is 23.9 Å². The van der Waals surface area contributed by atoms with Gasteiger partial charge in [0.25, 0.3) is 0 Å². The van der Waals surface area contributed by atoms with Gasteiger partial charge in [-0.15, -0.1) is 0 Å². The number of hydrogen-bond acceptors (Lipinski definition) is 5. The van der Waals surface area contributed by atoms with Crippen molar-refractivity contribution in [3.63, 3.8) is 0 Å². The van der Waals surface area contributed by atoms with Gasteiger partial charge in [-0.3, -0.25) is 4.79 Å². The van der Waals surface area contributed by atoms with Crippen molar-refractivity contribution in [2.24, 2.45) is 5.92 Å². The number of methoxy groups -OCH3 is 1. The summed E-state index contributed by atoms with van der Waals surface area (Å²) in [6.07, 6.45) is 2.68. The first-order chi connectivity index (χ1) is 13.5. The van der Waals surface area contributed by atoms with Crippen LogP contribution in [0.1, 0.15) is 52.5 Å². The topological polar surface area (TPSA) is 68.2 Å². The standard InChI is InChI=1S/C22H36BNO5/c1-21(2)22(3,4)29-23(28-21)13-7-8-18(14-20(25)26)16-24(5)15-17-9-11-19(27-6)12-10-17/h9-12,18H,7-8,13-16H2,1-6H3,(H,25,26). The Labute approximate surface area is 175 Å². The normalized spacial score (nSPS) is 18.8. The number of carbonyl (C=O) groups is 1. The molecule has 7 heteroatoms. The molecule has 0 amide bonds. The SMILES string of the molecule is COc1ccc(CN(C)CC(CCCB2OC(C)(C)C(C)(C)O2)CC(=O)O)cc1.